The van der Waals surface area contributed by atoms with Crippen molar-refractivity contribution in [3.05, 3.63) is 0 Å². The fourth-order valence-corrected chi connectivity index (χ4v) is 8.93. The van der Waals surface area contributed by atoms with Crippen LogP contribution in [0.25, 0.3) is 0 Å². The third-order valence-corrected chi connectivity index (χ3v) is 13.1. The van der Waals surface area contributed by atoms with E-state index in [1.54, 1.807) is 58.8 Å². The number of carbonyl (C=O) groups is 12. The fraction of sp³-hybridized carbons (Fsp3) is 0.750. The van der Waals surface area contributed by atoms with Gasteiger partial charge in [0.1, 0.15) is 0 Å². The van der Waals surface area contributed by atoms with Crippen LogP contribution in [0.4, 0.5) is 0 Å². The van der Waals surface area contributed by atoms with Crippen molar-refractivity contribution in [3.63, 3.8) is 0 Å². The van der Waals surface area contributed by atoms with Crippen LogP contribution in [0.2, 0.25) is 0 Å². The van der Waals surface area contributed by atoms with Crippen LogP contribution >= 0.6 is 0 Å². The second-order valence-corrected chi connectivity index (χ2v) is 20.0. The molecule has 12 N–H and O–H groups in total. The Labute approximate surface area is 672 Å². The van der Waals surface area contributed by atoms with Crippen LogP contribution in [0.3, 0.4) is 0 Å². The van der Waals surface area contributed by atoms with Gasteiger partial charge in [-0.25, -0.2) is 0 Å². The molecule has 3 heterocycles. The Morgan fingerprint density at radius 2 is 0.193 bits per heavy atom. The summed E-state index contributed by atoms with van der Waals surface area (Å²) in [5.41, 5.74) is 0. The monoisotopic (exact) mass is 1820 g/mol. The molecule has 0 aromatic rings. The summed E-state index contributed by atoms with van der Waals surface area (Å²) in [5.74, 6) is -12.2. The molecule has 36 nitrogen and oxygen atoms in total. The summed E-state index contributed by atoms with van der Waals surface area (Å²) in [6.07, 6.45) is 0. The van der Waals surface area contributed by atoms with E-state index in [2.05, 4.69) is 0 Å². The standard InChI is InChI=1S/3C16H28N4O8.4Eu/c3*21-13(22)9-17-1-2-18(10-14(23)24)5-6-20(12-16(27)28)8-7-19(4-3-17)11-15(25)26;;;;/h3*1-12H2,(H,21,22)(H,23,24)(H,25,26)(H,27,28);;;;. The zero-order chi connectivity index (χ0) is 63.3. The van der Waals surface area contributed by atoms with Crippen LogP contribution in [-0.2, 0) is 57.5 Å². The van der Waals surface area contributed by atoms with E-state index in [-0.39, 0.29) is 276 Å². The second-order valence-electron chi connectivity index (χ2n) is 20.0. The smallest absolute Gasteiger partial charge is 0.317 e. The maximum atomic E-state index is 11.1. The van der Waals surface area contributed by atoms with Crippen molar-refractivity contribution in [1.82, 2.24) is 58.8 Å². The van der Waals surface area contributed by atoms with Crippen molar-refractivity contribution in [2.75, 3.05) is 236 Å². The molecule has 0 spiro atoms. The molecule has 3 aliphatic heterocycles. The van der Waals surface area contributed by atoms with Crippen molar-refractivity contribution >= 4 is 71.6 Å². The molecule has 88 heavy (non-hydrogen) atoms. The number of aliphatic carboxylic acids is 12. The number of nitrogens with zero attached hydrogens (tertiary/aromatic N) is 12. The Balaban J connectivity index is -0.000000588. The molecule has 0 atom stereocenters. The van der Waals surface area contributed by atoms with Gasteiger partial charge in [0.2, 0.25) is 0 Å². The molecule has 3 fully saturated rings. The van der Waals surface area contributed by atoms with Crippen molar-refractivity contribution in [1.29, 1.82) is 0 Å². The third-order valence-electron chi connectivity index (χ3n) is 13.1. The van der Waals surface area contributed by atoms with Gasteiger partial charge in [-0.05, 0) is 0 Å². The first-order valence-corrected chi connectivity index (χ1v) is 26.8. The number of rotatable bonds is 24. The van der Waals surface area contributed by atoms with Gasteiger partial charge in [0.25, 0.3) is 0 Å². The number of carboxylic acids is 12. The van der Waals surface area contributed by atoms with Crippen LogP contribution < -0.4 is 0 Å². The van der Waals surface area contributed by atoms with Gasteiger partial charge in [-0.1, -0.05) is 0 Å². The van der Waals surface area contributed by atoms with Gasteiger partial charge >= 0.3 is 71.6 Å². The zero-order valence-electron chi connectivity index (χ0n) is 48.6. The van der Waals surface area contributed by atoms with E-state index < -0.39 is 71.6 Å². The Hall–Kier alpha value is -0.502. The molecule has 3 rings (SSSR count). The molecule has 508 valence electrons. The maximum absolute atomic E-state index is 11.1. The van der Waals surface area contributed by atoms with E-state index in [9.17, 15) is 57.5 Å². The SMILES string of the molecule is O=C(O)CN1CCN(CC(=O)O)CCN(CC(=O)O)CCN(CC(=O)O)CC1.O=C(O)CN1CCN(CC(=O)O)CCN(CC(=O)O)CCN(CC(=O)O)CC1.O=C(O)CN1CCN(CC(=O)O)CCN(CC(=O)O)CCN(CC(=O)O)CC1.[Eu].[Eu].[Eu].[Eu]. The Morgan fingerprint density at radius 3 is 0.227 bits per heavy atom. The van der Waals surface area contributed by atoms with E-state index in [4.69, 9.17) is 61.3 Å². The Kier molecular flexibility index (Phi) is 58.4. The van der Waals surface area contributed by atoms with Gasteiger partial charge < -0.3 is 61.3 Å². The average Bonchev–Trinajstić information content (AvgIpc) is 3.35. The average molecular weight is 1820 g/mol. The van der Waals surface area contributed by atoms with Crippen LogP contribution in [0.1, 0.15) is 0 Å². The molecule has 0 unspecified atom stereocenters. The molecule has 0 aromatic carbocycles. The van der Waals surface area contributed by atoms with Crippen molar-refractivity contribution in [2.24, 2.45) is 0 Å². The van der Waals surface area contributed by atoms with Crippen LogP contribution in [-0.4, -0.2) is 427 Å². The Morgan fingerprint density at radius 1 is 0.148 bits per heavy atom. The van der Waals surface area contributed by atoms with E-state index >= 15 is 0 Å². The van der Waals surface area contributed by atoms with Crippen LogP contribution in [0.15, 0.2) is 0 Å². The number of hydrogen-bond acceptors (Lipinski definition) is 24. The quantitative estimate of drug-likeness (QED) is 0.0427. The largest absolute Gasteiger partial charge is 0.480 e. The van der Waals surface area contributed by atoms with E-state index in [1.165, 1.54) is 0 Å². The van der Waals surface area contributed by atoms with Gasteiger partial charge in [-0.15, -0.1) is 0 Å². The van der Waals surface area contributed by atoms with Gasteiger partial charge in [0, 0.05) is 355 Å². The minimum absolute atomic E-state index is 0. The zero-order valence-corrected chi connectivity index (χ0v) is 58.3. The molecular weight excluding hydrogens is 1740 g/mol. The molecule has 4 radical (unpaired) electrons. The van der Waals surface area contributed by atoms with Gasteiger partial charge in [-0.3, -0.25) is 116 Å². The normalized spacial score (nSPS) is 18.5. The van der Waals surface area contributed by atoms with E-state index in [1.807, 2.05) is 0 Å². The third kappa shape index (κ3) is 52.8. The fourth-order valence-electron chi connectivity index (χ4n) is 8.93. The molecule has 0 amide bonds. The summed E-state index contributed by atoms with van der Waals surface area (Å²) >= 11 is 0. The molecule has 0 aliphatic carbocycles. The molecule has 40 heteroatoms. The summed E-state index contributed by atoms with van der Waals surface area (Å²) in [5, 5.41) is 109. The van der Waals surface area contributed by atoms with Crippen molar-refractivity contribution in [3.8, 4) is 0 Å². The molecular formula is C48H84Eu4N12O24. The molecule has 3 aliphatic rings. The van der Waals surface area contributed by atoms with Crippen LogP contribution in [0, 0.1) is 198 Å². The predicted octanol–water partition coefficient (Wildman–Crippen LogP) is -7.36. The van der Waals surface area contributed by atoms with Gasteiger partial charge in [0.05, 0.1) is 78.5 Å². The number of carboxylic acid groups (broad SMARTS) is 12. The topological polar surface area (TPSA) is 486 Å². The second kappa shape index (κ2) is 54.7. The summed E-state index contributed by atoms with van der Waals surface area (Å²) in [4.78, 5) is 153. The Bertz CT molecular complexity index is 1590. The minimum Gasteiger partial charge on any atom is -0.480 e. The molecule has 3 saturated heterocycles. The molecule has 0 bridgehead atoms. The number of hydrogen-bond donors (Lipinski definition) is 12. The predicted molar refractivity (Wildman–Crippen MR) is 289 cm³/mol. The van der Waals surface area contributed by atoms with Gasteiger partial charge in [0.15, 0.2) is 0 Å². The summed E-state index contributed by atoms with van der Waals surface area (Å²) in [7, 11) is 0. The molecule has 0 aromatic heterocycles. The first kappa shape index (κ1) is 93.9. The van der Waals surface area contributed by atoms with E-state index in [0.29, 0.717) is 157 Å². The molecule has 0 saturated carbocycles. The summed E-state index contributed by atoms with van der Waals surface area (Å²) < 4.78 is 0. The maximum Gasteiger partial charge on any atom is 0.317 e. The van der Waals surface area contributed by atoms with Crippen LogP contribution in [0.5, 0.6) is 0 Å². The summed E-state index contributed by atoms with van der Waals surface area (Å²) in [6, 6.07) is 0. The van der Waals surface area contributed by atoms with E-state index in [0.717, 1.165) is 0 Å². The first-order valence-electron chi connectivity index (χ1n) is 26.8. The minimum atomic E-state index is -1.02. The summed E-state index contributed by atoms with van der Waals surface area (Å²) in [6.45, 7) is 4.57. The van der Waals surface area contributed by atoms with Crippen molar-refractivity contribution in [2.45, 2.75) is 0 Å². The van der Waals surface area contributed by atoms with Gasteiger partial charge in [-0.2, -0.15) is 0 Å². The van der Waals surface area contributed by atoms with Crippen molar-refractivity contribution < 1.29 is 316 Å². The first-order chi connectivity index (χ1) is 39.5.